The van der Waals surface area contributed by atoms with E-state index in [2.05, 4.69) is 10.6 Å². The molecule has 0 heterocycles. The average Bonchev–Trinajstić information content (AvgIpc) is 1.69. The second-order valence-corrected chi connectivity index (χ2v) is 1.83. The molecule has 0 radical (unpaired) electrons. The Labute approximate surface area is 84.8 Å². The van der Waals surface area contributed by atoms with Gasteiger partial charge in [0.1, 0.15) is 0 Å². The van der Waals surface area contributed by atoms with Crippen molar-refractivity contribution in [3.63, 3.8) is 0 Å². The zero-order valence-electron chi connectivity index (χ0n) is 6.74. The van der Waals surface area contributed by atoms with Crippen LogP contribution < -0.4 is 0 Å². The minimum absolute atomic E-state index is 0. The first kappa shape index (κ1) is 17.1. The summed E-state index contributed by atoms with van der Waals surface area (Å²) >= 11 is 0. The third-order valence-corrected chi connectivity index (χ3v) is 0.924. The average molecular weight is 219 g/mol. The van der Waals surface area contributed by atoms with E-state index in [-0.39, 0.29) is 41.0 Å². The first-order valence-corrected chi connectivity index (χ1v) is 2.56. The van der Waals surface area contributed by atoms with E-state index in [1.165, 1.54) is 0 Å². The summed E-state index contributed by atoms with van der Waals surface area (Å²) in [5.74, 6) is 0. The van der Waals surface area contributed by atoms with Crippen molar-refractivity contribution in [2.24, 2.45) is 0 Å². The Morgan fingerprint density at radius 2 is 1.30 bits per heavy atom. The Bertz CT molecular complexity index is 56.9. The van der Waals surface area contributed by atoms with E-state index in [1.807, 2.05) is 19.0 Å². The predicted octanol–water partition coefficient (Wildman–Crippen LogP) is 0.834. The van der Waals surface area contributed by atoms with Gasteiger partial charge in [-0.2, -0.15) is 20.4 Å². The third kappa shape index (κ3) is 7.06. The fourth-order valence-corrected chi connectivity index (χ4v) is 0.577. The molecule has 5 heteroatoms. The van der Waals surface area contributed by atoms with Crippen molar-refractivity contribution in [2.75, 3.05) is 28.2 Å². The molecule has 3 nitrogen and oxygen atoms in total. The van der Waals surface area contributed by atoms with Gasteiger partial charge in [0.25, 0.3) is 0 Å². The molecule has 0 amide bonds. The summed E-state index contributed by atoms with van der Waals surface area (Å²) in [6.07, 6.45) is 0.0370. The topological polar surface area (TPSA) is 31.4 Å². The molecule has 0 saturated heterocycles. The van der Waals surface area contributed by atoms with Crippen LogP contribution in [-0.2, 0) is 34.7 Å². The van der Waals surface area contributed by atoms with Gasteiger partial charge in [-0.3, -0.25) is 0 Å². The standard InChI is InChI=1S/C5H13N3.2Cr/c1-6-5(7-2)8(3)4;;/h5H,1-4H3;;/q-2;;. The second-order valence-electron chi connectivity index (χ2n) is 1.83. The number of nitrogens with zero attached hydrogens (tertiary/aromatic N) is 3. The van der Waals surface area contributed by atoms with Gasteiger partial charge in [0.15, 0.2) is 0 Å². The molecule has 0 aliphatic heterocycles. The molecule has 0 bridgehead atoms. The van der Waals surface area contributed by atoms with Gasteiger partial charge in [-0.25, -0.2) is 0 Å². The Morgan fingerprint density at radius 1 is 1.00 bits per heavy atom. The van der Waals surface area contributed by atoms with Crippen LogP contribution in [-0.4, -0.2) is 39.4 Å². The molecule has 62 valence electrons. The molecule has 0 atom stereocenters. The van der Waals surface area contributed by atoms with Gasteiger partial charge in [-0.15, -0.1) is 0 Å². The van der Waals surface area contributed by atoms with Gasteiger partial charge in [0.05, 0.1) is 0 Å². The summed E-state index contributed by atoms with van der Waals surface area (Å²) in [6, 6.07) is 0. The van der Waals surface area contributed by atoms with Crippen LogP contribution in [0.25, 0.3) is 10.6 Å². The van der Waals surface area contributed by atoms with Crippen molar-refractivity contribution in [3.05, 3.63) is 10.6 Å². The zero-order chi connectivity index (χ0) is 6.57. The van der Waals surface area contributed by atoms with E-state index in [4.69, 9.17) is 0 Å². The number of rotatable bonds is 3. The smallest absolute Gasteiger partial charge is 0 e. The summed E-state index contributed by atoms with van der Waals surface area (Å²) in [5.41, 5.74) is 0. The fraction of sp³-hybridized carbons (Fsp3) is 1.00. The summed E-state index contributed by atoms with van der Waals surface area (Å²) < 4.78 is 0. The van der Waals surface area contributed by atoms with E-state index >= 15 is 0 Å². The molecule has 0 N–H and O–H groups in total. The van der Waals surface area contributed by atoms with Crippen LogP contribution in [0.3, 0.4) is 0 Å². The van der Waals surface area contributed by atoms with Crippen LogP contribution in [0.15, 0.2) is 0 Å². The van der Waals surface area contributed by atoms with Crippen molar-refractivity contribution in [1.29, 1.82) is 0 Å². The van der Waals surface area contributed by atoms with Crippen LogP contribution in [0.1, 0.15) is 0 Å². The van der Waals surface area contributed by atoms with E-state index in [1.54, 1.807) is 14.1 Å². The van der Waals surface area contributed by atoms with Gasteiger partial charge in [-0.05, 0) is 14.1 Å². The maximum absolute atomic E-state index is 3.97. The molecule has 0 aromatic heterocycles. The van der Waals surface area contributed by atoms with E-state index in [0.29, 0.717) is 0 Å². The zero-order valence-corrected chi connectivity index (χ0v) is 9.29. The molecule has 0 aliphatic rings. The van der Waals surface area contributed by atoms with Gasteiger partial charge < -0.3 is 15.5 Å². The fourth-order valence-electron chi connectivity index (χ4n) is 0.577. The SMILES string of the molecule is C[N-]C([N-]C)N(C)C.[Cr].[Cr]. The van der Waals surface area contributed by atoms with Crippen molar-refractivity contribution >= 4 is 0 Å². The Hall–Kier alpha value is 0.945. The van der Waals surface area contributed by atoms with Gasteiger partial charge in [0.2, 0.25) is 0 Å². The summed E-state index contributed by atoms with van der Waals surface area (Å²) in [7, 11) is 7.42. The molecular formula is C5H13Cr2N3-2. The molecule has 0 spiro atoms. The van der Waals surface area contributed by atoms with Crippen molar-refractivity contribution < 1.29 is 34.7 Å². The van der Waals surface area contributed by atoms with Gasteiger partial charge in [-0.1, -0.05) is 0 Å². The first-order valence-electron chi connectivity index (χ1n) is 2.56. The molecule has 0 aromatic rings. The first-order chi connectivity index (χ1) is 3.72. The Balaban J connectivity index is -0.000000245. The maximum atomic E-state index is 3.97. The van der Waals surface area contributed by atoms with Crippen LogP contribution in [0.5, 0.6) is 0 Å². The maximum Gasteiger partial charge on any atom is 0 e. The Morgan fingerprint density at radius 3 is 1.30 bits per heavy atom. The van der Waals surface area contributed by atoms with Crippen molar-refractivity contribution in [1.82, 2.24) is 4.90 Å². The predicted molar refractivity (Wildman–Crippen MR) is 36.0 cm³/mol. The molecule has 10 heavy (non-hydrogen) atoms. The normalized spacial score (nSPS) is 9.00. The van der Waals surface area contributed by atoms with Crippen LogP contribution in [0.2, 0.25) is 0 Å². The van der Waals surface area contributed by atoms with Crippen molar-refractivity contribution in [2.45, 2.75) is 6.29 Å². The summed E-state index contributed by atoms with van der Waals surface area (Å²) in [6.45, 7) is 0. The van der Waals surface area contributed by atoms with Crippen molar-refractivity contribution in [3.8, 4) is 0 Å². The van der Waals surface area contributed by atoms with E-state index in [9.17, 15) is 0 Å². The quantitative estimate of drug-likeness (QED) is 0.691. The second kappa shape index (κ2) is 9.94. The molecule has 0 saturated carbocycles. The monoisotopic (exact) mass is 219 g/mol. The largest absolute Gasteiger partial charge is 0.668 e. The van der Waals surface area contributed by atoms with Crippen LogP contribution >= 0.6 is 0 Å². The molecule has 0 aromatic carbocycles. The van der Waals surface area contributed by atoms with E-state index in [0.717, 1.165) is 0 Å². The molecule has 0 fully saturated rings. The van der Waals surface area contributed by atoms with Crippen LogP contribution in [0.4, 0.5) is 0 Å². The molecule has 0 rings (SSSR count). The molecule has 0 unspecified atom stereocenters. The Kier molecular flexibility index (Phi) is 17.1. The minimum Gasteiger partial charge on any atom is -0.668 e. The number of hydrogen-bond donors (Lipinski definition) is 0. The molecule has 0 aliphatic carbocycles. The summed E-state index contributed by atoms with van der Waals surface area (Å²) in [5, 5.41) is 7.93. The third-order valence-electron chi connectivity index (χ3n) is 0.924. The van der Waals surface area contributed by atoms with Gasteiger partial charge >= 0.3 is 0 Å². The minimum atomic E-state index is 0. The molecular weight excluding hydrogens is 206 g/mol. The van der Waals surface area contributed by atoms with Gasteiger partial charge in [0, 0.05) is 34.7 Å². The number of hydrogen-bond acceptors (Lipinski definition) is 1. The summed E-state index contributed by atoms with van der Waals surface area (Å²) in [4.78, 5) is 1.94. The van der Waals surface area contributed by atoms with Crippen LogP contribution in [0, 0.1) is 0 Å². The van der Waals surface area contributed by atoms with E-state index < -0.39 is 0 Å².